The Hall–Kier alpha value is -1.02. The van der Waals surface area contributed by atoms with E-state index in [0.717, 1.165) is 30.9 Å². The molecule has 2 aliphatic carbocycles. The highest BCUT2D eigenvalue weighted by Crippen LogP contribution is 2.45. The average Bonchev–Trinajstić information content (AvgIpc) is 2.96. The maximum atomic E-state index is 5.91. The predicted octanol–water partition coefficient (Wildman–Crippen LogP) is 3.26. The van der Waals surface area contributed by atoms with Gasteiger partial charge in [-0.1, -0.05) is 24.6 Å². The Morgan fingerprint density at radius 2 is 2.11 bits per heavy atom. The number of ether oxygens (including phenoxy) is 1. The average molecular weight is 257 g/mol. The minimum absolute atomic E-state index is 0.722. The second kappa shape index (κ2) is 4.82. The van der Waals surface area contributed by atoms with E-state index in [1.165, 1.54) is 55.5 Å². The first-order chi connectivity index (χ1) is 9.42. The Morgan fingerprint density at radius 3 is 3.00 bits per heavy atom. The Labute approximate surface area is 115 Å². The quantitative estimate of drug-likeness (QED) is 0.894. The van der Waals surface area contributed by atoms with Gasteiger partial charge in [0.2, 0.25) is 0 Å². The van der Waals surface area contributed by atoms with Crippen molar-refractivity contribution in [1.82, 2.24) is 5.32 Å². The van der Waals surface area contributed by atoms with Crippen molar-refractivity contribution in [3.8, 4) is 5.75 Å². The summed E-state index contributed by atoms with van der Waals surface area (Å²) in [6.45, 7) is 2.09. The van der Waals surface area contributed by atoms with Crippen LogP contribution in [-0.2, 0) is 6.42 Å². The summed E-state index contributed by atoms with van der Waals surface area (Å²) in [7, 11) is 0. The second-order valence-electron chi connectivity index (χ2n) is 6.41. The van der Waals surface area contributed by atoms with Gasteiger partial charge in [-0.05, 0) is 55.2 Å². The molecule has 2 unspecified atom stereocenters. The molecule has 0 spiro atoms. The minimum Gasteiger partial charge on any atom is -0.493 e. The van der Waals surface area contributed by atoms with Gasteiger partial charge in [-0.25, -0.2) is 0 Å². The topological polar surface area (TPSA) is 21.3 Å². The van der Waals surface area contributed by atoms with E-state index in [9.17, 15) is 0 Å². The van der Waals surface area contributed by atoms with Crippen molar-refractivity contribution in [2.75, 3.05) is 13.2 Å². The normalized spacial score (nSPS) is 29.3. The smallest absolute Gasteiger partial charge is 0.126 e. The summed E-state index contributed by atoms with van der Waals surface area (Å²) >= 11 is 0. The highest BCUT2D eigenvalue weighted by molar-refractivity contribution is 5.46. The lowest BCUT2D eigenvalue weighted by Crippen LogP contribution is -2.26. The number of hydrogen-bond acceptors (Lipinski definition) is 2. The van der Waals surface area contributed by atoms with Gasteiger partial charge in [0.05, 0.1) is 6.61 Å². The van der Waals surface area contributed by atoms with Crippen LogP contribution in [0.1, 0.15) is 49.1 Å². The van der Waals surface area contributed by atoms with Crippen LogP contribution in [0.4, 0.5) is 0 Å². The van der Waals surface area contributed by atoms with Crippen LogP contribution in [0, 0.1) is 5.92 Å². The molecule has 0 amide bonds. The Morgan fingerprint density at radius 1 is 1.16 bits per heavy atom. The standard InChI is InChI=1S/C17H23NO/c1-3-12-9-10-19-17(12)16(6-1)15-5-2-4-13(15)11-18-14-7-8-14/h1,3,6,13-15,18H,2,4-5,7-11H2. The van der Waals surface area contributed by atoms with Gasteiger partial charge in [-0.15, -0.1) is 0 Å². The van der Waals surface area contributed by atoms with Gasteiger partial charge in [-0.2, -0.15) is 0 Å². The van der Waals surface area contributed by atoms with Gasteiger partial charge >= 0.3 is 0 Å². The molecule has 102 valence electrons. The maximum Gasteiger partial charge on any atom is 0.126 e. The van der Waals surface area contributed by atoms with E-state index in [4.69, 9.17) is 4.74 Å². The van der Waals surface area contributed by atoms with Gasteiger partial charge in [0.25, 0.3) is 0 Å². The Bertz CT molecular complexity index is 466. The fraction of sp³-hybridized carbons (Fsp3) is 0.647. The van der Waals surface area contributed by atoms with E-state index in [0.29, 0.717) is 0 Å². The third-order valence-corrected chi connectivity index (χ3v) is 5.05. The van der Waals surface area contributed by atoms with Crippen molar-refractivity contribution in [1.29, 1.82) is 0 Å². The van der Waals surface area contributed by atoms with Crippen molar-refractivity contribution < 1.29 is 4.74 Å². The molecule has 1 heterocycles. The molecule has 0 aromatic heterocycles. The summed E-state index contributed by atoms with van der Waals surface area (Å²) in [5.74, 6) is 2.77. The van der Waals surface area contributed by atoms with E-state index >= 15 is 0 Å². The van der Waals surface area contributed by atoms with E-state index in [1.54, 1.807) is 0 Å². The van der Waals surface area contributed by atoms with Crippen LogP contribution in [-0.4, -0.2) is 19.2 Å². The van der Waals surface area contributed by atoms with Gasteiger partial charge in [0.15, 0.2) is 0 Å². The zero-order chi connectivity index (χ0) is 12.7. The molecule has 1 aromatic carbocycles. The van der Waals surface area contributed by atoms with E-state index in [2.05, 4.69) is 23.5 Å². The molecule has 0 bridgehead atoms. The SMILES string of the molecule is c1cc2c(c(C3CCCC3CNC3CC3)c1)OCC2. The lowest BCUT2D eigenvalue weighted by atomic mass is 9.87. The number of rotatable bonds is 4. The van der Waals surface area contributed by atoms with E-state index in [1.807, 2.05) is 0 Å². The second-order valence-corrected chi connectivity index (χ2v) is 6.41. The lowest BCUT2D eigenvalue weighted by molar-refractivity contribution is 0.345. The van der Waals surface area contributed by atoms with Crippen molar-refractivity contribution >= 4 is 0 Å². The first kappa shape index (κ1) is 11.8. The fourth-order valence-electron chi connectivity index (χ4n) is 3.83. The summed E-state index contributed by atoms with van der Waals surface area (Å²) < 4.78 is 5.91. The van der Waals surface area contributed by atoms with Crippen LogP contribution in [0.25, 0.3) is 0 Å². The summed E-state index contributed by atoms with van der Waals surface area (Å²) in [5.41, 5.74) is 2.92. The van der Waals surface area contributed by atoms with Crippen molar-refractivity contribution in [2.24, 2.45) is 5.92 Å². The molecule has 2 nitrogen and oxygen atoms in total. The third kappa shape index (κ3) is 2.27. The predicted molar refractivity (Wildman–Crippen MR) is 76.7 cm³/mol. The number of hydrogen-bond donors (Lipinski definition) is 1. The summed E-state index contributed by atoms with van der Waals surface area (Å²) in [5, 5.41) is 3.73. The van der Waals surface area contributed by atoms with Crippen molar-refractivity contribution in [3.63, 3.8) is 0 Å². The summed E-state index contributed by atoms with van der Waals surface area (Å²) in [6.07, 6.45) is 7.99. The molecular formula is C17H23NO. The molecule has 0 saturated heterocycles. The zero-order valence-corrected chi connectivity index (χ0v) is 11.5. The molecule has 1 aromatic rings. The zero-order valence-electron chi connectivity index (χ0n) is 11.5. The van der Waals surface area contributed by atoms with Gasteiger partial charge in [0.1, 0.15) is 5.75 Å². The lowest BCUT2D eigenvalue weighted by Gasteiger charge is -2.22. The number of fused-ring (bicyclic) bond motifs is 1. The highest BCUT2D eigenvalue weighted by Gasteiger charge is 2.33. The molecule has 0 radical (unpaired) electrons. The molecule has 4 rings (SSSR count). The summed E-state index contributed by atoms with van der Waals surface area (Å²) in [6, 6.07) is 7.61. The van der Waals surface area contributed by atoms with Gasteiger partial charge in [0, 0.05) is 12.5 Å². The van der Waals surface area contributed by atoms with E-state index in [-0.39, 0.29) is 0 Å². The monoisotopic (exact) mass is 257 g/mol. The van der Waals surface area contributed by atoms with Crippen molar-refractivity contribution in [2.45, 2.75) is 50.5 Å². The molecule has 1 N–H and O–H groups in total. The maximum absolute atomic E-state index is 5.91. The molecule has 2 fully saturated rings. The number of para-hydroxylation sites is 1. The van der Waals surface area contributed by atoms with Gasteiger partial charge in [-0.3, -0.25) is 0 Å². The third-order valence-electron chi connectivity index (χ3n) is 5.05. The highest BCUT2D eigenvalue weighted by atomic mass is 16.5. The number of benzene rings is 1. The first-order valence-electron chi connectivity index (χ1n) is 7.90. The largest absolute Gasteiger partial charge is 0.493 e. The van der Waals surface area contributed by atoms with Crippen LogP contribution in [0.2, 0.25) is 0 Å². The van der Waals surface area contributed by atoms with Crippen LogP contribution >= 0.6 is 0 Å². The molecule has 2 heteroatoms. The minimum atomic E-state index is 0.722. The van der Waals surface area contributed by atoms with Crippen LogP contribution in [0.5, 0.6) is 5.75 Å². The van der Waals surface area contributed by atoms with Gasteiger partial charge < -0.3 is 10.1 Å². The van der Waals surface area contributed by atoms with Crippen LogP contribution in [0.3, 0.4) is 0 Å². The molecule has 3 aliphatic rings. The molecule has 1 aliphatic heterocycles. The molecule has 2 saturated carbocycles. The first-order valence-corrected chi connectivity index (χ1v) is 7.90. The van der Waals surface area contributed by atoms with Crippen molar-refractivity contribution in [3.05, 3.63) is 29.3 Å². The number of nitrogens with one attached hydrogen (secondary N) is 1. The Balaban J connectivity index is 1.54. The fourth-order valence-corrected chi connectivity index (χ4v) is 3.83. The summed E-state index contributed by atoms with van der Waals surface area (Å²) in [4.78, 5) is 0. The molecule has 19 heavy (non-hydrogen) atoms. The van der Waals surface area contributed by atoms with Crippen LogP contribution in [0.15, 0.2) is 18.2 Å². The van der Waals surface area contributed by atoms with E-state index < -0.39 is 0 Å². The molecular weight excluding hydrogens is 234 g/mol. The molecule has 2 atom stereocenters. The van der Waals surface area contributed by atoms with Crippen LogP contribution < -0.4 is 10.1 Å². The Kier molecular flexibility index (Phi) is 2.99.